The predicted octanol–water partition coefficient (Wildman–Crippen LogP) is 2.06. The molecule has 1 N–H and O–H groups in total. The number of morpholine rings is 1. The summed E-state index contributed by atoms with van der Waals surface area (Å²) in [4.78, 5) is 18.5. The number of ether oxygens (including phenoxy) is 1. The van der Waals surface area contributed by atoms with Gasteiger partial charge in [-0.3, -0.25) is 4.79 Å². The van der Waals surface area contributed by atoms with E-state index < -0.39 is 0 Å². The van der Waals surface area contributed by atoms with Crippen molar-refractivity contribution in [3.63, 3.8) is 0 Å². The number of carbonyl (C=O) groups is 1. The van der Waals surface area contributed by atoms with Gasteiger partial charge in [0.05, 0.1) is 35.9 Å². The third-order valence-corrected chi connectivity index (χ3v) is 4.56. The highest BCUT2D eigenvalue weighted by Crippen LogP contribution is 2.22. The van der Waals surface area contributed by atoms with Gasteiger partial charge in [0, 0.05) is 20.1 Å². The summed E-state index contributed by atoms with van der Waals surface area (Å²) in [5.41, 5.74) is 0.998. The molecule has 1 unspecified atom stereocenters. The van der Waals surface area contributed by atoms with Crippen LogP contribution in [0.1, 0.15) is 11.4 Å². The van der Waals surface area contributed by atoms with Crippen LogP contribution in [0.2, 0.25) is 0 Å². The Morgan fingerprint density at radius 3 is 3.05 bits per heavy atom. The minimum absolute atomic E-state index is 0. The summed E-state index contributed by atoms with van der Waals surface area (Å²) in [6, 6.07) is 8.04. The largest absolute Gasteiger partial charge is 0.375 e. The maximum atomic E-state index is 12.2. The van der Waals surface area contributed by atoms with Gasteiger partial charge < -0.3 is 15.0 Å². The molecule has 3 rings (SSSR count). The normalized spacial score (nSPS) is 18.0. The molecule has 0 spiro atoms. The van der Waals surface area contributed by atoms with Gasteiger partial charge >= 0.3 is 0 Å². The number of nitrogens with zero attached hydrogens (tertiary/aromatic N) is 2. The second-order valence-corrected chi connectivity index (χ2v) is 6.34. The molecule has 1 saturated heterocycles. The van der Waals surface area contributed by atoms with E-state index >= 15 is 0 Å². The van der Waals surface area contributed by atoms with E-state index in [1.165, 1.54) is 0 Å². The summed E-state index contributed by atoms with van der Waals surface area (Å²) in [6.45, 7) is 2.85. The lowest BCUT2D eigenvalue weighted by molar-refractivity contribution is -0.133. The highest BCUT2D eigenvalue weighted by Gasteiger charge is 2.20. The number of aromatic nitrogens is 1. The van der Waals surface area contributed by atoms with Gasteiger partial charge in [-0.15, -0.1) is 23.7 Å². The number of para-hydroxylation sites is 1. The van der Waals surface area contributed by atoms with Crippen LogP contribution in [0.4, 0.5) is 0 Å². The molecule has 1 atom stereocenters. The molecule has 1 aliphatic heterocycles. The van der Waals surface area contributed by atoms with Crippen molar-refractivity contribution in [3.8, 4) is 0 Å². The van der Waals surface area contributed by atoms with Crippen molar-refractivity contribution >= 4 is 39.9 Å². The van der Waals surface area contributed by atoms with E-state index in [1.807, 2.05) is 25.2 Å². The van der Waals surface area contributed by atoms with Gasteiger partial charge in [0.2, 0.25) is 5.91 Å². The first-order valence-corrected chi connectivity index (χ1v) is 7.95. The molecule has 1 amide bonds. The van der Waals surface area contributed by atoms with Gasteiger partial charge in [-0.1, -0.05) is 12.1 Å². The minimum atomic E-state index is -0.0101. The number of halogens is 1. The fourth-order valence-corrected chi connectivity index (χ4v) is 3.40. The van der Waals surface area contributed by atoms with E-state index in [9.17, 15) is 4.79 Å². The first-order valence-electron chi connectivity index (χ1n) is 7.13. The van der Waals surface area contributed by atoms with Crippen LogP contribution in [0.5, 0.6) is 0 Å². The molecule has 0 saturated carbocycles. The molecule has 0 aliphatic carbocycles. The average Bonchev–Trinajstić information content (AvgIpc) is 2.90. The number of carbonyl (C=O) groups excluding carboxylic acids is 1. The number of amides is 1. The molecule has 5 nitrogen and oxygen atoms in total. The zero-order valence-corrected chi connectivity index (χ0v) is 14.1. The SMILES string of the molecule is CN(Cc1nc2ccccc2s1)C(=O)CC1CNCCO1.Cl. The molecule has 1 aromatic heterocycles. The molecule has 7 heteroatoms. The Balaban J connectivity index is 0.00000176. The van der Waals surface area contributed by atoms with Gasteiger partial charge in [0.15, 0.2) is 0 Å². The second kappa shape index (κ2) is 7.87. The summed E-state index contributed by atoms with van der Waals surface area (Å²) in [5, 5.41) is 4.21. The number of hydrogen-bond acceptors (Lipinski definition) is 5. The average molecular weight is 342 g/mol. The third kappa shape index (κ3) is 4.16. The molecule has 0 radical (unpaired) electrons. The van der Waals surface area contributed by atoms with Crippen LogP contribution in [0.15, 0.2) is 24.3 Å². The van der Waals surface area contributed by atoms with E-state index in [0.29, 0.717) is 19.6 Å². The van der Waals surface area contributed by atoms with Crippen LogP contribution in [-0.4, -0.2) is 48.6 Å². The van der Waals surface area contributed by atoms with Crippen molar-refractivity contribution in [2.75, 3.05) is 26.7 Å². The van der Waals surface area contributed by atoms with Crippen molar-refractivity contribution < 1.29 is 9.53 Å². The lowest BCUT2D eigenvalue weighted by Crippen LogP contribution is -2.41. The van der Waals surface area contributed by atoms with E-state index in [4.69, 9.17) is 4.74 Å². The number of rotatable bonds is 4. The molecule has 2 heterocycles. The Kier molecular flexibility index (Phi) is 6.14. The van der Waals surface area contributed by atoms with Crippen LogP contribution < -0.4 is 5.32 Å². The van der Waals surface area contributed by atoms with Gasteiger partial charge in [-0.05, 0) is 12.1 Å². The van der Waals surface area contributed by atoms with Crippen LogP contribution in [-0.2, 0) is 16.1 Å². The van der Waals surface area contributed by atoms with E-state index in [0.717, 1.165) is 28.3 Å². The zero-order valence-electron chi connectivity index (χ0n) is 12.4. The Morgan fingerprint density at radius 2 is 2.32 bits per heavy atom. The Hall–Kier alpha value is -1.21. The zero-order chi connectivity index (χ0) is 14.7. The van der Waals surface area contributed by atoms with Crippen molar-refractivity contribution in [2.24, 2.45) is 0 Å². The number of hydrogen-bond donors (Lipinski definition) is 1. The van der Waals surface area contributed by atoms with Gasteiger partial charge in [0.1, 0.15) is 5.01 Å². The third-order valence-electron chi connectivity index (χ3n) is 3.54. The number of nitrogens with one attached hydrogen (secondary N) is 1. The van der Waals surface area contributed by atoms with Gasteiger partial charge in [-0.25, -0.2) is 4.98 Å². The van der Waals surface area contributed by atoms with Gasteiger partial charge in [0.25, 0.3) is 0 Å². The highest BCUT2D eigenvalue weighted by molar-refractivity contribution is 7.18. The monoisotopic (exact) mass is 341 g/mol. The molecule has 120 valence electrons. The van der Waals surface area contributed by atoms with E-state index in [-0.39, 0.29) is 24.4 Å². The second-order valence-electron chi connectivity index (χ2n) is 5.23. The van der Waals surface area contributed by atoms with Crippen LogP contribution in [0.25, 0.3) is 10.2 Å². The first-order chi connectivity index (χ1) is 10.2. The van der Waals surface area contributed by atoms with Crippen molar-refractivity contribution in [3.05, 3.63) is 29.3 Å². The Bertz CT molecular complexity index is 595. The van der Waals surface area contributed by atoms with E-state index in [1.54, 1.807) is 16.2 Å². The number of benzene rings is 1. The van der Waals surface area contributed by atoms with Crippen molar-refractivity contribution in [1.29, 1.82) is 0 Å². The Labute approximate surface area is 140 Å². The molecule has 2 aromatic rings. The van der Waals surface area contributed by atoms with E-state index in [2.05, 4.69) is 16.4 Å². The highest BCUT2D eigenvalue weighted by atomic mass is 35.5. The van der Waals surface area contributed by atoms with Crippen molar-refractivity contribution in [1.82, 2.24) is 15.2 Å². The van der Waals surface area contributed by atoms with Crippen molar-refractivity contribution in [2.45, 2.75) is 19.1 Å². The quantitative estimate of drug-likeness (QED) is 0.924. The fourth-order valence-electron chi connectivity index (χ4n) is 2.38. The summed E-state index contributed by atoms with van der Waals surface area (Å²) in [6.07, 6.45) is 0.415. The molecular formula is C15H20ClN3O2S. The van der Waals surface area contributed by atoms with Crippen LogP contribution in [0.3, 0.4) is 0 Å². The lowest BCUT2D eigenvalue weighted by Gasteiger charge is -2.25. The fraction of sp³-hybridized carbons (Fsp3) is 0.467. The number of fused-ring (bicyclic) bond motifs is 1. The predicted molar refractivity (Wildman–Crippen MR) is 90.6 cm³/mol. The molecule has 22 heavy (non-hydrogen) atoms. The first kappa shape index (κ1) is 17.1. The standard InChI is InChI=1S/C15H19N3O2S.ClH/c1-18(15(19)8-11-9-16-6-7-20-11)10-14-17-12-4-2-3-5-13(12)21-14;/h2-5,11,16H,6-10H2,1H3;1H. The van der Waals surface area contributed by atoms with Crippen LogP contribution >= 0.6 is 23.7 Å². The maximum absolute atomic E-state index is 12.2. The maximum Gasteiger partial charge on any atom is 0.225 e. The summed E-state index contributed by atoms with van der Waals surface area (Å²) >= 11 is 1.64. The molecular weight excluding hydrogens is 322 g/mol. The smallest absolute Gasteiger partial charge is 0.225 e. The van der Waals surface area contributed by atoms with Crippen LogP contribution in [0, 0.1) is 0 Å². The summed E-state index contributed by atoms with van der Waals surface area (Å²) in [7, 11) is 1.82. The minimum Gasteiger partial charge on any atom is -0.375 e. The summed E-state index contributed by atoms with van der Waals surface area (Å²) in [5.74, 6) is 0.1000. The molecule has 1 aromatic carbocycles. The number of thiazole rings is 1. The molecule has 1 fully saturated rings. The topological polar surface area (TPSA) is 54.5 Å². The molecule has 1 aliphatic rings. The lowest BCUT2D eigenvalue weighted by atomic mass is 10.2. The molecule has 0 bridgehead atoms. The summed E-state index contributed by atoms with van der Waals surface area (Å²) < 4.78 is 6.73. The Morgan fingerprint density at radius 1 is 1.50 bits per heavy atom. The van der Waals surface area contributed by atoms with Gasteiger partial charge in [-0.2, -0.15) is 0 Å².